The molecule has 1 heterocycles. The van der Waals surface area contributed by atoms with Gasteiger partial charge in [-0.1, -0.05) is 19.9 Å². The van der Waals surface area contributed by atoms with Crippen molar-refractivity contribution in [1.82, 2.24) is 0 Å². The zero-order valence-electron chi connectivity index (χ0n) is 20.3. The van der Waals surface area contributed by atoms with Crippen LogP contribution in [0.5, 0.6) is 0 Å². The van der Waals surface area contributed by atoms with Gasteiger partial charge in [0.1, 0.15) is 24.4 Å². The standard InChI is InChI=1S/C26H40O8/c1-14-11-25-9-5-16-23(2,17(25)6-10-26(14,32)13-25)7-4-8-24(16,3)22(31)34-21-20(30)19(29)18(28)15(12-27)33-21/h15-21,27-30,32H,1,4-13H2,2-3H3/t15-,16-,17-,18-,19+,20-,21+,23+,24-,25+,26-/m1/s1. The molecule has 0 aromatic heterocycles. The smallest absolute Gasteiger partial charge is 0.314 e. The third-order valence-electron chi connectivity index (χ3n) is 10.7. The summed E-state index contributed by atoms with van der Waals surface area (Å²) in [6.07, 6.45) is 0.422. The van der Waals surface area contributed by atoms with E-state index in [0.717, 1.165) is 56.9 Å². The molecule has 5 rings (SSSR count). The van der Waals surface area contributed by atoms with Crippen LogP contribution < -0.4 is 0 Å². The third-order valence-corrected chi connectivity index (χ3v) is 10.7. The van der Waals surface area contributed by atoms with Crippen LogP contribution in [0.2, 0.25) is 0 Å². The minimum atomic E-state index is -1.60. The van der Waals surface area contributed by atoms with Crippen molar-refractivity contribution >= 4 is 5.97 Å². The van der Waals surface area contributed by atoms with Gasteiger partial charge in [-0.15, -0.1) is 0 Å². The number of carbonyl (C=O) groups excluding carboxylic acids is 1. The van der Waals surface area contributed by atoms with Crippen LogP contribution in [-0.2, 0) is 14.3 Å². The number of aliphatic hydroxyl groups excluding tert-OH is 4. The normalized spacial score (nSPS) is 54.8. The molecule has 0 radical (unpaired) electrons. The molecule has 4 aliphatic carbocycles. The van der Waals surface area contributed by atoms with Crippen molar-refractivity contribution in [3.63, 3.8) is 0 Å². The fraction of sp³-hybridized carbons (Fsp3) is 0.885. The van der Waals surface area contributed by atoms with Crippen LogP contribution in [0, 0.1) is 28.1 Å². The summed E-state index contributed by atoms with van der Waals surface area (Å²) in [5, 5.41) is 51.1. The minimum Gasteiger partial charge on any atom is -0.432 e. The molecule has 8 nitrogen and oxygen atoms in total. The maximum atomic E-state index is 13.7. The van der Waals surface area contributed by atoms with Crippen molar-refractivity contribution in [1.29, 1.82) is 0 Å². The molecule has 0 aromatic rings. The molecule has 4 saturated carbocycles. The molecular weight excluding hydrogens is 440 g/mol. The number of rotatable bonds is 3. The van der Waals surface area contributed by atoms with Crippen molar-refractivity contribution in [3.8, 4) is 0 Å². The second kappa shape index (κ2) is 7.98. The summed E-state index contributed by atoms with van der Waals surface area (Å²) in [5.41, 5.74) is -0.575. The number of fused-ring (bicyclic) bond motifs is 3. The molecule has 5 aliphatic rings. The summed E-state index contributed by atoms with van der Waals surface area (Å²) < 4.78 is 11.1. The van der Waals surface area contributed by atoms with Gasteiger partial charge in [-0.05, 0) is 86.5 Å². The summed E-state index contributed by atoms with van der Waals surface area (Å²) in [6, 6.07) is 0. The maximum absolute atomic E-state index is 13.7. The average molecular weight is 481 g/mol. The van der Waals surface area contributed by atoms with Gasteiger partial charge in [-0.3, -0.25) is 4.79 Å². The second-order valence-electron chi connectivity index (χ2n) is 12.4. The Morgan fingerprint density at radius 2 is 1.76 bits per heavy atom. The molecule has 34 heavy (non-hydrogen) atoms. The van der Waals surface area contributed by atoms with Crippen molar-refractivity contribution < 1.29 is 39.8 Å². The highest BCUT2D eigenvalue weighted by Gasteiger charge is 2.68. The van der Waals surface area contributed by atoms with E-state index in [1.165, 1.54) is 0 Å². The van der Waals surface area contributed by atoms with Crippen LogP contribution in [0.4, 0.5) is 0 Å². The lowest BCUT2D eigenvalue weighted by molar-refractivity contribution is -0.298. The maximum Gasteiger partial charge on any atom is 0.314 e. The molecule has 1 aliphatic heterocycles. The first-order valence-electron chi connectivity index (χ1n) is 12.8. The average Bonchev–Trinajstić information content (AvgIpc) is 2.96. The first kappa shape index (κ1) is 24.7. The van der Waals surface area contributed by atoms with Gasteiger partial charge in [0.25, 0.3) is 0 Å². The third kappa shape index (κ3) is 3.29. The number of aliphatic hydroxyl groups is 5. The summed E-state index contributed by atoms with van der Waals surface area (Å²) in [4.78, 5) is 13.7. The number of hydrogen-bond donors (Lipinski definition) is 5. The number of hydrogen-bond acceptors (Lipinski definition) is 8. The molecule has 0 aromatic carbocycles. The van der Waals surface area contributed by atoms with E-state index in [1.807, 2.05) is 6.92 Å². The van der Waals surface area contributed by atoms with Gasteiger partial charge < -0.3 is 35.0 Å². The van der Waals surface area contributed by atoms with Crippen molar-refractivity contribution in [2.75, 3.05) is 6.61 Å². The summed E-state index contributed by atoms with van der Waals surface area (Å²) in [7, 11) is 0. The van der Waals surface area contributed by atoms with Crippen LogP contribution in [0.15, 0.2) is 12.2 Å². The van der Waals surface area contributed by atoms with E-state index in [-0.39, 0.29) is 16.7 Å². The Labute approximate surface area is 201 Å². The van der Waals surface area contributed by atoms with Gasteiger partial charge in [-0.25, -0.2) is 0 Å². The van der Waals surface area contributed by atoms with Crippen molar-refractivity contribution in [2.45, 2.75) is 108 Å². The first-order valence-corrected chi connectivity index (χ1v) is 12.8. The van der Waals surface area contributed by atoms with Crippen LogP contribution in [0.25, 0.3) is 0 Å². The Hall–Kier alpha value is -1.03. The summed E-state index contributed by atoms with van der Waals surface area (Å²) in [6.45, 7) is 7.91. The molecule has 5 N–H and O–H groups in total. The van der Waals surface area contributed by atoms with Crippen LogP contribution >= 0.6 is 0 Å². The topological polar surface area (TPSA) is 137 Å². The van der Waals surface area contributed by atoms with Gasteiger partial charge in [0.15, 0.2) is 0 Å². The Balaban J connectivity index is 1.39. The van der Waals surface area contributed by atoms with Crippen molar-refractivity contribution in [2.24, 2.45) is 28.1 Å². The number of esters is 1. The van der Waals surface area contributed by atoms with Gasteiger partial charge in [-0.2, -0.15) is 0 Å². The lowest BCUT2D eigenvalue weighted by Gasteiger charge is -2.63. The monoisotopic (exact) mass is 480 g/mol. The lowest BCUT2D eigenvalue weighted by atomic mass is 9.41. The SMILES string of the molecule is C=C1C[C@]23CC[C@@H]4[C@](C)(CCC[C@@]4(C)C(=O)O[C@@H]4O[C@H](CO)[C@@H](O)[C@H](O)[C@H]4O)[C@H]2CC[C@@]1(O)C3. The Morgan fingerprint density at radius 3 is 2.47 bits per heavy atom. The fourth-order valence-electron chi connectivity index (χ4n) is 9.00. The van der Waals surface area contributed by atoms with Gasteiger partial charge in [0.2, 0.25) is 6.29 Å². The number of ether oxygens (including phenoxy) is 2. The number of carbonyl (C=O) groups is 1. The molecule has 5 fully saturated rings. The first-order chi connectivity index (χ1) is 15.9. The van der Waals surface area contributed by atoms with Gasteiger partial charge in [0, 0.05) is 0 Å². The van der Waals surface area contributed by atoms with E-state index in [0.29, 0.717) is 12.3 Å². The van der Waals surface area contributed by atoms with Gasteiger partial charge >= 0.3 is 5.97 Å². The van der Waals surface area contributed by atoms with Gasteiger partial charge in [0.05, 0.1) is 17.6 Å². The Bertz CT molecular complexity index is 860. The molecule has 0 unspecified atom stereocenters. The highest BCUT2D eigenvalue weighted by atomic mass is 16.7. The van der Waals surface area contributed by atoms with Crippen LogP contribution in [0.1, 0.15) is 71.6 Å². The lowest BCUT2D eigenvalue weighted by Crippen LogP contribution is -2.62. The molecule has 192 valence electrons. The second-order valence-corrected chi connectivity index (χ2v) is 12.4. The van der Waals surface area contributed by atoms with Crippen LogP contribution in [-0.4, -0.2) is 74.4 Å². The van der Waals surface area contributed by atoms with E-state index in [1.54, 1.807) is 0 Å². The molecule has 1 saturated heterocycles. The van der Waals surface area contributed by atoms with E-state index in [2.05, 4.69) is 13.5 Å². The minimum absolute atomic E-state index is 0.0504. The van der Waals surface area contributed by atoms with E-state index < -0.39 is 54.3 Å². The molecule has 1 spiro atoms. The Kier molecular flexibility index (Phi) is 5.79. The Morgan fingerprint density at radius 1 is 1.06 bits per heavy atom. The predicted octanol–water partition coefficient (Wildman–Crippen LogP) is 1.41. The highest BCUT2D eigenvalue weighted by molar-refractivity contribution is 5.77. The molecule has 2 bridgehead atoms. The summed E-state index contributed by atoms with van der Waals surface area (Å²) >= 11 is 0. The molecule has 8 heteroatoms. The molecule has 11 atom stereocenters. The highest BCUT2D eigenvalue weighted by Crippen LogP contribution is 2.73. The van der Waals surface area contributed by atoms with E-state index in [9.17, 15) is 30.3 Å². The van der Waals surface area contributed by atoms with Crippen LogP contribution in [0.3, 0.4) is 0 Å². The summed E-state index contributed by atoms with van der Waals surface area (Å²) in [5.74, 6) is 0.0200. The zero-order chi connectivity index (χ0) is 24.7. The zero-order valence-corrected chi connectivity index (χ0v) is 20.3. The van der Waals surface area contributed by atoms with Crippen molar-refractivity contribution in [3.05, 3.63) is 12.2 Å². The largest absolute Gasteiger partial charge is 0.432 e. The van der Waals surface area contributed by atoms with E-state index in [4.69, 9.17) is 9.47 Å². The molecular formula is C26H40O8. The van der Waals surface area contributed by atoms with E-state index >= 15 is 0 Å². The molecule has 0 amide bonds. The predicted molar refractivity (Wildman–Crippen MR) is 121 cm³/mol. The quantitative estimate of drug-likeness (QED) is 0.302. The fourth-order valence-corrected chi connectivity index (χ4v) is 9.00.